The highest BCUT2D eigenvalue weighted by molar-refractivity contribution is 8.01. The Kier molecular flexibility index (Phi) is 5.76. The maximum atomic E-state index is 12.0. The number of aliphatic hydroxyl groups excluding tert-OH is 1. The third-order valence-electron chi connectivity index (χ3n) is 4.23. The summed E-state index contributed by atoms with van der Waals surface area (Å²) < 4.78 is 4.00. The molecule has 132 valence electrons. The third-order valence-corrected chi connectivity index (χ3v) is 5.71. The number of carbonyl (C=O) groups excluding carboxylic acids is 1. The Balaban J connectivity index is 2.26. The fourth-order valence-electron chi connectivity index (χ4n) is 3.04. The maximum Gasteiger partial charge on any atom is 0.345 e. The van der Waals surface area contributed by atoms with E-state index in [2.05, 4.69) is 0 Å². The molecule has 0 fully saturated rings. The zero-order valence-electron chi connectivity index (χ0n) is 14.4. The summed E-state index contributed by atoms with van der Waals surface area (Å²) in [5, 5.41) is 10.5. The van der Waals surface area contributed by atoms with Gasteiger partial charge in [0, 0.05) is 0 Å². The van der Waals surface area contributed by atoms with Gasteiger partial charge in [-0.15, -0.1) is 0 Å². The molecule has 3 nitrogen and oxygen atoms in total. The van der Waals surface area contributed by atoms with Gasteiger partial charge in [-0.25, -0.2) is 4.79 Å². The Hall–Kier alpha value is -2.56. The van der Waals surface area contributed by atoms with Gasteiger partial charge in [0.2, 0.25) is 0 Å². The molecule has 3 aromatic rings. The van der Waals surface area contributed by atoms with Crippen LogP contribution >= 0.6 is 11.8 Å². The molecule has 0 bridgehead atoms. The smallest absolute Gasteiger partial charge is 0.345 e. The van der Waals surface area contributed by atoms with Crippen molar-refractivity contribution >= 4 is 17.7 Å². The first-order valence-electron chi connectivity index (χ1n) is 8.29. The van der Waals surface area contributed by atoms with Gasteiger partial charge in [0.1, 0.15) is 0 Å². The SMILES string of the molecule is COC(=O)C(O)SC(c1ccccc1)(c1ccccc1)c1ccccc1. The Bertz CT molecular complexity index is 738. The lowest BCUT2D eigenvalue weighted by atomic mass is 9.84. The molecule has 0 aliphatic carbocycles. The number of hydrogen-bond donors (Lipinski definition) is 1. The largest absolute Gasteiger partial charge is 0.466 e. The summed E-state index contributed by atoms with van der Waals surface area (Å²) in [7, 11) is 1.28. The van der Waals surface area contributed by atoms with E-state index in [1.807, 2.05) is 91.0 Å². The molecule has 0 spiro atoms. The minimum absolute atomic E-state index is 0.665. The topological polar surface area (TPSA) is 46.5 Å². The van der Waals surface area contributed by atoms with Crippen LogP contribution in [0.15, 0.2) is 91.0 Å². The fourth-order valence-corrected chi connectivity index (χ4v) is 4.38. The summed E-state index contributed by atoms with van der Waals surface area (Å²) in [5.74, 6) is -0.665. The molecule has 26 heavy (non-hydrogen) atoms. The molecule has 0 amide bonds. The standard InChI is InChI=1S/C22H20O3S/c1-25-20(23)21(24)26-22(17-11-5-2-6-12-17,18-13-7-3-8-14-18)19-15-9-4-10-16-19/h2-16,21,24H,1H3. The number of thioether (sulfide) groups is 1. The Labute approximate surface area is 157 Å². The molecule has 3 aromatic carbocycles. The van der Waals surface area contributed by atoms with Crippen LogP contribution in [-0.2, 0) is 14.3 Å². The number of esters is 1. The van der Waals surface area contributed by atoms with Crippen LogP contribution in [0.25, 0.3) is 0 Å². The summed E-state index contributed by atoms with van der Waals surface area (Å²) in [6.07, 6.45) is 0. The van der Waals surface area contributed by atoms with Crippen molar-refractivity contribution in [3.8, 4) is 0 Å². The second-order valence-corrected chi connectivity index (χ2v) is 7.07. The minimum Gasteiger partial charge on any atom is -0.466 e. The van der Waals surface area contributed by atoms with E-state index in [4.69, 9.17) is 4.74 Å². The van der Waals surface area contributed by atoms with Crippen LogP contribution in [0.4, 0.5) is 0 Å². The highest BCUT2D eigenvalue weighted by Gasteiger charge is 2.41. The summed E-state index contributed by atoms with van der Waals surface area (Å²) in [4.78, 5) is 12.0. The average Bonchev–Trinajstić information content (AvgIpc) is 2.73. The first-order chi connectivity index (χ1) is 12.7. The highest BCUT2D eigenvalue weighted by atomic mass is 32.2. The van der Waals surface area contributed by atoms with Crippen molar-refractivity contribution in [2.24, 2.45) is 0 Å². The summed E-state index contributed by atoms with van der Waals surface area (Å²) in [5.41, 5.74) is 1.61. The molecule has 1 atom stereocenters. The zero-order chi connectivity index (χ0) is 18.4. The van der Waals surface area contributed by atoms with E-state index in [0.29, 0.717) is 0 Å². The minimum atomic E-state index is -1.32. The van der Waals surface area contributed by atoms with Gasteiger partial charge in [-0.1, -0.05) is 103 Å². The molecule has 1 N–H and O–H groups in total. The summed E-state index contributed by atoms with van der Waals surface area (Å²) in [6, 6.07) is 29.7. The van der Waals surface area contributed by atoms with Crippen molar-refractivity contribution in [1.82, 2.24) is 0 Å². The number of rotatable bonds is 6. The van der Waals surface area contributed by atoms with Crippen molar-refractivity contribution in [2.45, 2.75) is 10.2 Å². The van der Waals surface area contributed by atoms with Gasteiger partial charge in [-0.2, -0.15) is 0 Å². The quantitative estimate of drug-likeness (QED) is 0.404. The summed E-state index contributed by atoms with van der Waals surface area (Å²) in [6.45, 7) is 0. The molecule has 0 aliphatic heterocycles. The van der Waals surface area contributed by atoms with E-state index in [1.54, 1.807) is 0 Å². The van der Waals surface area contributed by atoms with Crippen molar-refractivity contribution in [3.05, 3.63) is 108 Å². The van der Waals surface area contributed by atoms with E-state index in [1.165, 1.54) is 18.9 Å². The molecule has 4 heteroatoms. The van der Waals surface area contributed by atoms with E-state index in [9.17, 15) is 9.90 Å². The number of hydrogen-bond acceptors (Lipinski definition) is 4. The molecule has 0 radical (unpaired) electrons. The molecule has 0 saturated carbocycles. The van der Waals surface area contributed by atoms with Crippen molar-refractivity contribution in [2.75, 3.05) is 7.11 Å². The lowest BCUT2D eigenvalue weighted by Crippen LogP contribution is -2.31. The normalized spacial score (nSPS) is 12.4. The molecule has 0 aliphatic rings. The van der Waals surface area contributed by atoms with Crippen molar-refractivity contribution in [3.63, 3.8) is 0 Å². The lowest BCUT2D eigenvalue weighted by molar-refractivity contribution is -0.145. The first-order valence-corrected chi connectivity index (χ1v) is 9.16. The molecule has 0 saturated heterocycles. The van der Waals surface area contributed by atoms with Gasteiger partial charge in [0.05, 0.1) is 11.9 Å². The van der Waals surface area contributed by atoms with Gasteiger partial charge in [0.25, 0.3) is 0 Å². The van der Waals surface area contributed by atoms with Gasteiger partial charge in [-0.05, 0) is 16.7 Å². The Morgan fingerprint density at radius 2 is 1.15 bits per heavy atom. The number of carbonyl (C=O) groups is 1. The predicted molar refractivity (Wildman–Crippen MR) is 105 cm³/mol. The van der Waals surface area contributed by atoms with Gasteiger partial charge in [-0.3, -0.25) is 0 Å². The molecule has 0 aromatic heterocycles. The maximum absolute atomic E-state index is 12.0. The Morgan fingerprint density at radius 3 is 1.46 bits per heavy atom. The lowest BCUT2D eigenvalue weighted by Gasteiger charge is -2.36. The average molecular weight is 364 g/mol. The number of ether oxygens (including phenoxy) is 1. The number of aliphatic hydroxyl groups is 1. The van der Waals surface area contributed by atoms with Crippen LogP contribution in [0.3, 0.4) is 0 Å². The second-order valence-electron chi connectivity index (χ2n) is 5.77. The van der Waals surface area contributed by atoms with Crippen LogP contribution in [0.5, 0.6) is 0 Å². The van der Waals surface area contributed by atoms with E-state index >= 15 is 0 Å². The van der Waals surface area contributed by atoms with Gasteiger partial charge >= 0.3 is 5.97 Å². The second kappa shape index (κ2) is 8.21. The Morgan fingerprint density at radius 1 is 0.808 bits per heavy atom. The fraction of sp³-hybridized carbons (Fsp3) is 0.136. The van der Waals surface area contributed by atoms with Crippen molar-refractivity contribution < 1.29 is 14.6 Å². The molecule has 1 unspecified atom stereocenters. The predicted octanol–water partition coefficient (Wildman–Crippen LogP) is 4.20. The molecule has 3 rings (SSSR count). The number of benzene rings is 3. The van der Waals surface area contributed by atoms with Crippen LogP contribution in [0.2, 0.25) is 0 Å². The van der Waals surface area contributed by atoms with E-state index in [-0.39, 0.29) is 0 Å². The summed E-state index contributed by atoms with van der Waals surface area (Å²) >= 11 is 1.17. The molecular weight excluding hydrogens is 344 g/mol. The van der Waals surface area contributed by atoms with Crippen LogP contribution < -0.4 is 0 Å². The van der Waals surface area contributed by atoms with Crippen LogP contribution in [0, 0.1) is 0 Å². The number of methoxy groups -OCH3 is 1. The van der Waals surface area contributed by atoms with Crippen LogP contribution in [-0.4, -0.2) is 23.6 Å². The van der Waals surface area contributed by atoms with E-state index < -0.39 is 16.2 Å². The monoisotopic (exact) mass is 364 g/mol. The van der Waals surface area contributed by atoms with Crippen molar-refractivity contribution in [1.29, 1.82) is 0 Å². The molecular formula is C22H20O3S. The van der Waals surface area contributed by atoms with E-state index in [0.717, 1.165) is 16.7 Å². The first kappa shape index (κ1) is 18.2. The van der Waals surface area contributed by atoms with Gasteiger partial charge in [0.15, 0.2) is 5.44 Å². The zero-order valence-corrected chi connectivity index (χ0v) is 15.2. The third kappa shape index (κ3) is 3.52. The van der Waals surface area contributed by atoms with Gasteiger partial charge < -0.3 is 9.84 Å². The molecule has 0 heterocycles. The highest BCUT2D eigenvalue weighted by Crippen LogP contribution is 2.49. The van der Waals surface area contributed by atoms with Crippen LogP contribution in [0.1, 0.15) is 16.7 Å².